The van der Waals surface area contributed by atoms with E-state index in [2.05, 4.69) is 36.0 Å². The van der Waals surface area contributed by atoms with Crippen LogP contribution in [0.15, 0.2) is 24.3 Å². The molecule has 0 radical (unpaired) electrons. The molecule has 1 N–H and O–H groups in total. The minimum Gasteiger partial charge on any atom is -0.467 e. The van der Waals surface area contributed by atoms with Crippen LogP contribution in [0.1, 0.15) is 77.6 Å². The normalized spacial score (nSPS) is 13.0. The minimum absolute atomic E-state index is 0.505. The van der Waals surface area contributed by atoms with E-state index in [1.54, 1.807) is 0 Å². The van der Waals surface area contributed by atoms with Crippen LogP contribution in [0.2, 0.25) is 0 Å². The van der Waals surface area contributed by atoms with Crippen molar-refractivity contribution in [1.82, 2.24) is 0 Å². The summed E-state index contributed by atoms with van der Waals surface area (Å²) in [6, 6.07) is 0. The fourth-order valence-corrected chi connectivity index (χ4v) is 2.23. The van der Waals surface area contributed by atoms with E-state index < -0.39 is 12.1 Å². The first kappa shape index (κ1) is 20.9. The third-order valence-corrected chi connectivity index (χ3v) is 3.65. The maximum Gasteiger partial charge on any atom is 0.334 e. The average molecular weight is 310 g/mol. The Morgan fingerprint density at radius 1 is 0.955 bits per heavy atom. The van der Waals surface area contributed by atoms with Crippen molar-refractivity contribution in [2.75, 3.05) is 7.11 Å². The number of carbonyl (C=O) groups excluding carboxylic acids is 1. The van der Waals surface area contributed by atoms with Gasteiger partial charge in [-0.15, -0.1) is 0 Å². The predicted molar refractivity (Wildman–Crippen MR) is 92.8 cm³/mol. The monoisotopic (exact) mass is 310 g/mol. The Balaban J connectivity index is 3.32. The molecule has 0 saturated heterocycles. The number of hydrogen-bond acceptors (Lipinski definition) is 3. The maximum absolute atomic E-state index is 11.0. The van der Waals surface area contributed by atoms with Crippen LogP contribution in [-0.2, 0) is 9.53 Å². The van der Waals surface area contributed by atoms with E-state index in [1.807, 2.05) is 0 Å². The lowest BCUT2D eigenvalue weighted by atomic mass is 10.1. The van der Waals surface area contributed by atoms with Crippen molar-refractivity contribution in [3.63, 3.8) is 0 Å². The molecule has 0 rings (SSSR count). The quantitative estimate of drug-likeness (QED) is 0.281. The molecule has 0 aromatic rings. The smallest absolute Gasteiger partial charge is 0.334 e. The molecule has 1 atom stereocenters. The number of ether oxygens (including phenoxy) is 1. The third kappa shape index (κ3) is 13.9. The molecule has 0 unspecified atom stereocenters. The number of unbranched alkanes of at least 4 members (excludes halogenated alkanes) is 7. The summed E-state index contributed by atoms with van der Waals surface area (Å²) in [6.07, 6.45) is 20.1. The number of aliphatic hydroxyl groups excluding tert-OH is 1. The lowest BCUT2D eigenvalue weighted by Gasteiger charge is -2.07. The van der Waals surface area contributed by atoms with Crippen molar-refractivity contribution in [3.8, 4) is 0 Å². The highest BCUT2D eigenvalue weighted by molar-refractivity contribution is 5.74. The number of hydrogen-bond donors (Lipinski definition) is 1. The van der Waals surface area contributed by atoms with E-state index in [9.17, 15) is 9.90 Å². The van der Waals surface area contributed by atoms with Gasteiger partial charge in [0.25, 0.3) is 0 Å². The van der Waals surface area contributed by atoms with Gasteiger partial charge in [0, 0.05) is 0 Å². The minimum atomic E-state index is -0.950. The number of methoxy groups -OCH3 is 1. The SMILES string of the molecule is CCCCC/C=C\C/C=C\CCCCCC[C@H](O)C(=O)OC. The van der Waals surface area contributed by atoms with Crippen LogP contribution in [0.5, 0.6) is 0 Å². The maximum atomic E-state index is 11.0. The second-order valence-corrected chi connectivity index (χ2v) is 5.70. The van der Waals surface area contributed by atoms with E-state index >= 15 is 0 Å². The molecule has 0 saturated carbocycles. The fourth-order valence-electron chi connectivity index (χ4n) is 2.23. The van der Waals surface area contributed by atoms with E-state index in [4.69, 9.17) is 0 Å². The van der Waals surface area contributed by atoms with E-state index in [1.165, 1.54) is 39.2 Å². The van der Waals surface area contributed by atoms with Gasteiger partial charge in [0.2, 0.25) is 0 Å². The van der Waals surface area contributed by atoms with Gasteiger partial charge in [-0.05, 0) is 38.5 Å². The number of allylic oxidation sites excluding steroid dienone is 4. The van der Waals surface area contributed by atoms with Gasteiger partial charge in [-0.3, -0.25) is 0 Å². The van der Waals surface area contributed by atoms with Crippen LogP contribution >= 0.6 is 0 Å². The molecule has 0 amide bonds. The zero-order valence-electron chi connectivity index (χ0n) is 14.4. The Kier molecular flexibility index (Phi) is 15.5. The molecule has 0 aromatic carbocycles. The molecule has 0 bridgehead atoms. The Hall–Kier alpha value is -1.09. The molecular formula is C19H34O3. The standard InChI is InChI=1S/C19H34O3/c1-3-4-5-6-7-8-9-10-11-12-13-14-15-16-17-18(20)19(21)22-2/h7-8,10-11,18,20H,3-6,9,12-17H2,1-2H3/b8-7-,11-10-/t18-/m0/s1. The van der Waals surface area contributed by atoms with Crippen molar-refractivity contribution >= 4 is 5.97 Å². The molecule has 0 fully saturated rings. The Labute approximate surface area is 136 Å². The van der Waals surface area contributed by atoms with Crippen molar-refractivity contribution in [3.05, 3.63) is 24.3 Å². The highest BCUT2D eigenvalue weighted by Gasteiger charge is 2.13. The van der Waals surface area contributed by atoms with Crippen molar-refractivity contribution in [1.29, 1.82) is 0 Å². The summed E-state index contributed by atoms with van der Waals surface area (Å²) in [6.45, 7) is 2.23. The molecular weight excluding hydrogens is 276 g/mol. The first-order chi connectivity index (χ1) is 10.7. The van der Waals surface area contributed by atoms with Crippen LogP contribution in [0.3, 0.4) is 0 Å². The van der Waals surface area contributed by atoms with Gasteiger partial charge >= 0.3 is 5.97 Å². The summed E-state index contributed by atoms with van der Waals surface area (Å²) >= 11 is 0. The summed E-state index contributed by atoms with van der Waals surface area (Å²) in [5.74, 6) is -0.523. The number of esters is 1. The lowest BCUT2D eigenvalue weighted by Crippen LogP contribution is -2.21. The van der Waals surface area contributed by atoms with Crippen molar-refractivity contribution in [2.24, 2.45) is 0 Å². The molecule has 0 aromatic heterocycles. The summed E-state index contributed by atoms with van der Waals surface area (Å²) < 4.78 is 4.48. The van der Waals surface area contributed by atoms with Gasteiger partial charge in [0.1, 0.15) is 0 Å². The van der Waals surface area contributed by atoms with Crippen LogP contribution in [0.25, 0.3) is 0 Å². The summed E-state index contributed by atoms with van der Waals surface area (Å²) in [4.78, 5) is 11.0. The van der Waals surface area contributed by atoms with Crippen LogP contribution < -0.4 is 0 Å². The van der Waals surface area contributed by atoms with Gasteiger partial charge in [-0.1, -0.05) is 63.3 Å². The first-order valence-corrected chi connectivity index (χ1v) is 8.78. The predicted octanol–water partition coefficient (Wildman–Crippen LogP) is 4.94. The number of carbonyl (C=O) groups is 1. The fraction of sp³-hybridized carbons (Fsp3) is 0.737. The Morgan fingerprint density at radius 3 is 2.14 bits per heavy atom. The number of aliphatic hydroxyl groups is 1. The third-order valence-electron chi connectivity index (χ3n) is 3.65. The molecule has 0 aliphatic rings. The lowest BCUT2D eigenvalue weighted by molar-refractivity contribution is -0.150. The van der Waals surface area contributed by atoms with Gasteiger partial charge in [-0.2, -0.15) is 0 Å². The van der Waals surface area contributed by atoms with Gasteiger partial charge in [0.15, 0.2) is 6.10 Å². The highest BCUT2D eigenvalue weighted by atomic mass is 16.5. The van der Waals surface area contributed by atoms with Crippen LogP contribution in [0, 0.1) is 0 Å². The largest absolute Gasteiger partial charge is 0.467 e. The highest BCUT2D eigenvalue weighted by Crippen LogP contribution is 2.09. The topological polar surface area (TPSA) is 46.5 Å². The van der Waals surface area contributed by atoms with Crippen LogP contribution in [0.4, 0.5) is 0 Å². The second-order valence-electron chi connectivity index (χ2n) is 5.70. The van der Waals surface area contributed by atoms with Gasteiger partial charge in [0.05, 0.1) is 7.11 Å². The molecule has 3 nitrogen and oxygen atoms in total. The van der Waals surface area contributed by atoms with Crippen molar-refractivity contribution < 1.29 is 14.6 Å². The second kappa shape index (κ2) is 16.3. The zero-order chi connectivity index (χ0) is 16.5. The molecule has 0 spiro atoms. The van der Waals surface area contributed by atoms with E-state index in [-0.39, 0.29) is 0 Å². The van der Waals surface area contributed by atoms with Crippen molar-refractivity contribution in [2.45, 2.75) is 83.7 Å². The molecule has 0 aliphatic carbocycles. The molecule has 0 aliphatic heterocycles. The molecule has 0 heterocycles. The molecule has 22 heavy (non-hydrogen) atoms. The van der Waals surface area contributed by atoms with Crippen LogP contribution in [-0.4, -0.2) is 24.3 Å². The zero-order valence-corrected chi connectivity index (χ0v) is 14.4. The van der Waals surface area contributed by atoms with Gasteiger partial charge in [-0.25, -0.2) is 4.79 Å². The summed E-state index contributed by atoms with van der Waals surface area (Å²) in [7, 11) is 1.30. The summed E-state index contributed by atoms with van der Waals surface area (Å²) in [5, 5.41) is 9.42. The Morgan fingerprint density at radius 2 is 1.55 bits per heavy atom. The molecule has 128 valence electrons. The summed E-state index contributed by atoms with van der Waals surface area (Å²) in [5.41, 5.74) is 0. The number of rotatable bonds is 14. The first-order valence-electron chi connectivity index (χ1n) is 8.78. The van der Waals surface area contributed by atoms with E-state index in [0.29, 0.717) is 6.42 Å². The molecule has 3 heteroatoms. The van der Waals surface area contributed by atoms with Gasteiger partial charge < -0.3 is 9.84 Å². The average Bonchev–Trinajstić information content (AvgIpc) is 2.54. The van der Waals surface area contributed by atoms with E-state index in [0.717, 1.165) is 32.1 Å². The Bertz CT molecular complexity index is 308.